The lowest BCUT2D eigenvalue weighted by Crippen LogP contribution is -2.17. The van der Waals surface area contributed by atoms with Gasteiger partial charge in [-0.05, 0) is 54.7 Å². The molecule has 4 rings (SSSR count). The number of benzene rings is 2. The fourth-order valence-electron chi connectivity index (χ4n) is 4.47. The van der Waals surface area contributed by atoms with Crippen molar-refractivity contribution >= 4 is 28.2 Å². The molecule has 28 heavy (non-hydrogen) atoms. The highest BCUT2D eigenvalue weighted by atomic mass is 16.5. The summed E-state index contributed by atoms with van der Waals surface area (Å²) in [5.74, 6) is 0.292. The van der Waals surface area contributed by atoms with Gasteiger partial charge in [0.15, 0.2) is 0 Å². The van der Waals surface area contributed by atoms with Crippen molar-refractivity contribution in [2.24, 2.45) is 5.92 Å². The van der Waals surface area contributed by atoms with Crippen LogP contribution in [0.15, 0.2) is 48.7 Å². The van der Waals surface area contributed by atoms with Gasteiger partial charge in [0.1, 0.15) is 0 Å². The number of hydrogen-bond donors (Lipinski definition) is 2. The molecule has 1 aromatic heterocycles. The molecule has 2 aromatic carbocycles. The Morgan fingerprint density at radius 3 is 2.68 bits per heavy atom. The summed E-state index contributed by atoms with van der Waals surface area (Å²) in [4.78, 5) is 16.0. The predicted molar refractivity (Wildman–Crippen MR) is 114 cm³/mol. The summed E-state index contributed by atoms with van der Waals surface area (Å²) in [6, 6.07) is 14.5. The zero-order chi connectivity index (χ0) is 19.5. The van der Waals surface area contributed by atoms with Gasteiger partial charge < -0.3 is 15.0 Å². The van der Waals surface area contributed by atoms with Gasteiger partial charge in [-0.1, -0.05) is 43.9 Å². The number of anilines is 2. The number of para-hydroxylation sites is 1. The topological polar surface area (TPSA) is 54.1 Å². The second-order valence-corrected chi connectivity index (χ2v) is 7.91. The molecular formula is C24H28N2O2. The quantitative estimate of drug-likeness (QED) is 0.514. The number of aryl methyl sites for hydroxylation is 1. The average molecular weight is 377 g/mol. The van der Waals surface area contributed by atoms with Crippen LogP contribution in [0.25, 0.3) is 10.9 Å². The van der Waals surface area contributed by atoms with Crippen LogP contribution in [0.5, 0.6) is 0 Å². The maximum Gasteiger partial charge on any atom is 0.313 e. The van der Waals surface area contributed by atoms with Crippen LogP contribution >= 0.6 is 0 Å². The lowest BCUT2D eigenvalue weighted by atomic mass is 9.87. The average Bonchev–Trinajstić information content (AvgIpc) is 3.36. The van der Waals surface area contributed by atoms with Gasteiger partial charge in [0, 0.05) is 28.5 Å². The Hall–Kier alpha value is -2.75. The molecule has 1 unspecified atom stereocenters. The maximum absolute atomic E-state index is 12.6. The van der Waals surface area contributed by atoms with E-state index < -0.39 is 0 Å². The number of hydrogen-bond acceptors (Lipinski definition) is 3. The normalized spacial score (nSPS) is 15.6. The third kappa shape index (κ3) is 3.77. The maximum atomic E-state index is 12.6. The first-order chi connectivity index (χ1) is 13.7. The third-order valence-electron chi connectivity index (χ3n) is 6.02. The Morgan fingerprint density at radius 2 is 1.96 bits per heavy atom. The van der Waals surface area contributed by atoms with E-state index in [1.807, 2.05) is 24.4 Å². The van der Waals surface area contributed by atoms with Gasteiger partial charge in [0.05, 0.1) is 13.0 Å². The standard InChI is InChI=1S/C24H28N2O2/c1-16-12-19-21(20(24(27)28-2)13-17-8-6-7-9-17)15-25-23(19)14-22(16)26-18-10-4-3-5-11-18/h3-5,10-12,14-15,17,20,25-26H,6-9,13H2,1-2H3. The van der Waals surface area contributed by atoms with Crippen LogP contribution < -0.4 is 5.32 Å². The highest BCUT2D eigenvalue weighted by Gasteiger charge is 2.29. The predicted octanol–water partition coefficient (Wildman–Crippen LogP) is 6.06. The van der Waals surface area contributed by atoms with Crippen molar-refractivity contribution in [2.45, 2.75) is 44.9 Å². The molecule has 0 aliphatic heterocycles. The summed E-state index contributed by atoms with van der Waals surface area (Å²) < 4.78 is 5.16. The minimum Gasteiger partial charge on any atom is -0.469 e. The lowest BCUT2D eigenvalue weighted by Gasteiger charge is -2.18. The van der Waals surface area contributed by atoms with E-state index in [0.29, 0.717) is 5.92 Å². The summed E-state index contributed by atoms with van der Waals surface area (Å²) in [5, 5.41) is 4.60. The van der Waals surface area contributed by atoms with Crippen LogP contribution in [0.2, 0.25) is 0 Å². The van der Waals surface area contributed by atoms with Crippen molar-refractivity contribution in [2.75, 3.05) is 12.4 Å². The van der Waals surface area contributed by atoms with E-state index in [-0.39, 0.29) is 11.9 Å². The number of aromatic amines is 1. The van der Waals surface area contributed by atoms with Crippen LogP contribution in [0.4, 0.5) is 11.4 Å². The minimum atomic E-state index is -0.200. The van der Waals surface area contributed by atoms with Crippen molar-refractivity contribution in [1.29, 1.82) is 0 Å². The van der Waals surface area contributed by atoms with Gasteiger partial charge in [-0.3, -0.25) is 4.79 Å². The van der Waals surface area contributed by atoms with Crippen LogP contribution in [-0.4, -0.2) is 18.1 Å². The Balaban J connectivity index is 1.67. The van der Waals surface area contributed by atoms with E-state index in [2.05, 4.69) is 41.5 Å². The molecule has 0 amide bonds. The second kappa shape index (κ2) is 8.09. The van der Waals surface area contributed by atoms with Crippen molar-refractivity contribution < 1.29 is 9.53 Å². The molecule has 0 bridgehead atoms. The summed E-state index contributed by atoms with van der Waals surface area (Å²) in [6.07, 6.45) is 7.87. The zero-order valence-electron chi connectivity index (χ0n) is 16.6. The molecular weight excluding hydrogens is 348 g/mol. The van der Waals surface area contributed by atoms with Crippen LogP contribution in [0.1, 0.15) is 49.1 Å². The van der Waals surface area contributed by atoms with Crippen LogP contribution in [-0.2, 0) is 9.53 Å². The van der Waals surface area contributed by atoms with E-state index in [9.17, 15) is 4.79 Å². The molecule has 1 saturated carbocycles. The highest BCUT2D eigenvalue weighted by molar-refractivity contribution is 5.93. The van der Waals surface area contributed by atoms with Gasteiger partial charge in [0.25, 0.3) is 0 Å². The van der Waals surface area contributed by atoms with E-state index >= 15 is 0 Å². The number of fused-ring (bicyclic) bond motifs is 1. The summed E-state index contributed by atoms with van der Waals surface area (Å²) in [7, 11) is 1.49. The number of H-pyrrole nitrogens is 1. The molecule has 3 aromatic rings. The van der Waals surface area contributed by atoms with E-state index in [1.165, 1.54) is 32.8 Å². The summed E-state index contributed by atoms with van der Waals surface area (Å²) in [6.45, 7) is 2.10. The number of rotatable bonds is 6. The molecule has 0 spiro atoms. The van der Waals surface area contributed by atoms with Gasteiger partial charge in [-0.2, -0.15) is 0 Å². The minimum absolute atomic E-state index is 0.128. The van der Waals surface area contributed by atoms with E-state index in [0.717, 1.165) is 39.8 Å². The van der Waals surface area contributed by atoms with Gasteiger partial charge in [-0.15, -0.1) is 0 Å². The molecule has 1 fully saturated rings. The molecule has 4 heteroatoms. The van der Waals surface area contributed by atoms with Crippen molar-refractivity contribution in [3.05, 3.63) is 59.8 Å². The van der Waals surface area contributed by atoms with E-state index in [4.69, 9.17) is 4.74 Å². The van der Waals surface area contributed by atoms with Crippen LogP contribution in [0, 0.1) is 12.8 Å². The molecule has 1 atom stereocenters. The fourth-order valence-corrected chi connectivity index (χ4v) is 4.47. The van der Waals surface area contributed by atoms with Crippen molar-refractivity contribution in [1.82, 2.24) is 4.98 Å². The second-order valence-electron chi connectivity index (χ2n) is 7.91. The number of carbonyl (C=O) groups excluding carboxylic acids is 1. The van der Waals surface area contributed by atoms with Gasteiger partial charge in [0.2, 0.25) is 0 Å². The highest BCUT2D eigenvalue weighted by Crippen LogP contribution is 2.38. The Bertz CT molecular complexity index is 955. The molecule has 0 saturated heterocycles. The Labute approximate surface area is 166 Å². The molecule has 2 N–H and O–H groups in total. The molecule has 1 aliphatic carbocycles. The lowest BCUT2D eigenvalue weighted by molar-refractivity contribution is -0.142. The SMILES string of the molecule is COC(=O)C(CC1CCCC1)c1c[nH]c2cc(Nc3ccccc3)c(C)cc12. The number of ether oxygens (including phenoxy) is 1. The Morgan fingerprint density at radius 1 is 1.21 bits per heavy atom. The molecule has 0 radical (unpaired) electrons. The third-order valence-corrected chi connectivity index (χ3v) is 6.02. The van der Waals surface area contributed by atoms with Crippen molar-refractivity contribution in [3.63, 3.8) is 0 Å². The zero-order valence-corrected chi connectivity index (χ0v) is 16.6. The van der Waals surface area contributed by atoms with Gasteiger partial charge >= 0.3 is 5.97 Å². The van der Waals surface area contributed by atoms with E-state index in [1.54, 1.807) is 0 Å². The fraction of sp³-hybridized carbons (Fsp3) is 0.375. The first-order valence-electron chi connectivity index (χ1n) is 10.2. The first kappa shape index (κ1) is 18.6. The monoisotopic (exact) mass is 376 g/mol. The number of aromatic nitrogens is 1. The summed E-state index contributed by atoms with van der Waals surface area (Å²) >= 11 is 0. The number of nitrogens with one attached hydrogen (secondary N) is 2. The van der Waals surface area contributed by atoms with Gasteiger partial charge in [-0.25, -0.2) is 0 Å². The molecule has 146 valence electrons. The largest absolute Gasteiger partial charge is 0.469 e. The number of methoxy groups -OCH3 is 1. The first-order valence-corrected chi connectivity index (χ1v) is 10.2. The molecule has 4 nitrogen and oxygen atoms in total. The molecule has 1 aliphatic rings. The summed E-state index contributed by atoms with van der Waals surface area (Å²) in [5.41, 5.74) is 5.38. The molecule has 1 heterocycles. The number of carbonyl (C=O) groups is 1. The van der Waals surface area contributed by atoms with Crippen LogP contribution in [0.3, 0.4) is 0 Å². The van der Waals surface area contributed by atoms with Crippen molar-refractivity contribution in [3.8, 4) is 0 Å². The Kier molecular flexibility index (Phi) is 5.38. The smallest absolute Gasteiger partial charge is 0.313 e. The number of esters is 1.